The molecule has 218 valence electrons. The molecule has 2 fully saturated rings. The van der Waals surface area contributed by atoms with Crippen LogP contribution >= 0.6 is 11.3 Å². The van der Waals surface area contributed by atoms with Crippen LogP contribution < -0.4 is 18.9 Å². The van der Waals surface area contributed by atoms with Crippen LogP contribution in [0.25, 0.3) is 32.0 Å². The highest BCUT2D eigenvalue weighted by Crippen LogP contribution is 2.47. The van der Waals surface area contributed by atoms with Gasteiger partial charge in [0, 0.05) is 15.3 Å². The summed E-state index contributed by atoms with van der Waals surface area (Å²) in [6, 6.07) is 21.5. The Morgan fingerprint density at radius 3 is 1.69 bits per heavy atom. The third-order valence-electron chi connectivity index (χ3n) is 8.24. The summed E-state index contributed by atoms with van der Waals surface area (Å²) in [4.78, 5) is 13.6. The van der Waals surface area contributed by atoms with Gasteiger partial charge < -0.3 is 24.1 Å². The molecule has 3 aromatic carbocycles. The Morgan fingerprint density at radius 2 is 1.17 bits per heavy atom. The van der Waals surface area contributed by atoms with E-state index in [1.54, 1.807) is 37.7 Å². The predicted octanol–water partition coefficient (Wildman–Crippen LogP) is 9.11. The van der Waals surface area contributed by atoms with E-state index in [4.69, 9.17) is 18.9 Å². The van der Waals surface area contributed by atoms with Crippen molar-refractivity contribution in [2.45, 2.75) is 63.6 Å². The topological polar surface area (TPSA) is 74.2 Å². The number of carboxylic acids is 1. The number of thiophene rings is 1. The Labute approximate surface area is 250 Å². The normalized spacial score (nSPS) is 15.6. The van der Waals surface area contributed by atoms with Gasteiger partial charge in [0.05, 0.1) is 32.0 Å². The lowest BCUT2D eigenvalue weighted by Crippen LogP contribution is -2.11. The Hall–Kier alpha value is -3.97. The molecule has 0 spiro atoms. The van der Waals surface area contributed by atoms with E-state index in [2.05, 4.69) is 30.3 Å². The highest BCUT2D eigenvalue weighted by Gasteiger charge is 2.23. The molecule has 6 rings (SSSR count). The first-order valence-electron chi connectivity index (χ1n) is 14.7. The number of rotatable bonds is 10. The van der Waals surface area contributed by atoms with Crippen LogP contribution in [0.2, 0.25) is 0 Å². The second-order valence-corrected chi connectivity index (χ2v) is 12.1. The number of ether oxygens (including phenoxy) is 4. The summed E-state index contributed by atoms with van der Waals surface area (Å²) in [6.07, 6.45) is 9.40. The van der Waals surface area contributed by atoms with Crippen molar-refractivity contribution in [2.75, 3.05) is 14.2 Å². The maximum absolute atomic E-state index is 11.5. The number of carbonyl (C=O) groups is 1. The number of methoxy groups -OCH3 is 2. The average molecular weight is 585 g/mol. The minimum Gasteiger partial charge on any atom is -0.493 e. The van der Waals surface area contributed by atoms with Crippen molar-refractivity contribution in [3.05, 3.63) is 72.3 Å². The Balaban J connectivity index is 1.44. The second-order valence-electron chi connectivity index (χ2n) is 11.0. The van der Waals surface area contributed by atoms with Crippen LogP contribution in [0.5, 0.6) is 23.0 Å². The average Bonchev–Trinajstić information content (AvgIpc) is 3.80. The fourth-order valence-corrected chi connectivity index (χ4v) is 7.14. The first kappa shape index (κ1) is 28.2. The van der Waals surface area contributed by atoms with Gasteiger partial charge in [0.15, 0.2) is 23.0 Å². The molecule has 0 bridgehead atoms. The van der Waals surface area contributed by atoms with Gasteiger partial charge in [0.25, 0.3) is 0 Å². The quantitative estimate of drug-likeness (QED) is 0.200. The third kappa shape index (κ3) is 5.97. The van der Waals surface area contributed by atoms with Gasteiger partial charge in [-0.3, -0.25) is 0 Å². The molecule has 42 heavy (non-hydrogen) atoms. The van der Waals surface area contributed by atoms with Gasteiger partial charge in [-0.05, 0) is 117 Å². The summed E-state index contributed by atoms with van der Waals surface area (Å²) >= 11 is 1.67. The SMILES string of the molecule is COc1ccc(-c2cc(-c3ccc(C(=O)O)cc3)sc2-c2ccc(OC)c(OC3CCCC3)c2)cc1OC1CCCC1. The van der Waals surface area contributed by atoms with Crippen molar-refractivity contribution in [3.63, 3.8) is 0 Å². The molecule has 0 saturated heterocycles. The molecule has 1 N–H and O–H groups in total. The summed E-state index contributed by atoms with van der Waals surface area (Å²) in [5.74, 6) is 2.03. The van der Waals surface area contributed by atoms with Crippen molar-refractivity contribution in [1.29, 1.82) is 0 Å². The minimum absolute atomic E-state index is 0.205. The highest BCUT2D eigenvalue weighted by atomic mass is 32.1. The Bertz CT molecular complexity index is 1460. The van der Waals surface area contributed by atoms with Gasteiger partial charge in [-0.25, -0.2) is 4.79 Å². The standard InChI is InChI=1S/C35H36O6S/c1-38-29-17-15-24(19-31(29)40-26-7-3-4-8-26)28-21-33(22-11-13-23(14-12-22)35(36)37)42-34(28)25-16-18-30(39-2)32(20-25)41-27-9-5-6-10-27/h11-21,26-27H,3-10H2,1-2H3,(H,36,37). The summed E-state index contributed by atoms with van der Waals surface area (Å²) in [6.45, 7) is 0. The molecule has 0 unspecified atom stereocenters. The first-order chi connectivity index (χ1) is 20.5. The predicted molar refractivity (Wildman–Crippen MR) is 166 cm³/mol. The molecule has 1 aromatic heterocycles. The first-order valence-corrected chi connectivity index (χ1v) is 15.5. The van der Waals surface area contributed by atoms with E-state index in [1.165, 1.54) is 25.7 Å². The van der Waals surface area contributed by atoms with Crippen LogP contribution in [0.3, 0.4) is 0 Å². The molecule has 0 radical (unpaired) electrons. The largest absolute Gasteiger partial charge is 0.493 e. The van der Waals surface area contributed by atoms with Crippen molar-refractivity contribution in [3.8, 4) is 55.0 Å². The van der Waals surface area contributed by atoms with Crippen LogP contribution in [0.1, 0.15) is 61.7 Å². The van der Waals surface area contributed by atoms with Crippen molar-refractivity contribution >= 4 is 17.3 Å². The Morgan fingerprint density at radius 1 is 0.667 bits per heavy atom. The molecule has 0 atom stereocenters. The fraction of sp³-hybridized carbons (Fsp3) is 0.343. The molecule has 1 heterocycles. The van der Waals surface area contributed by atoms with E-state index in [-0.39, 0.29) is 17.8 Å². The molecule has 4 aromatic rings. The number of carboxylic acid groups (broad SMARTS) is 1. The lowest BCUT2D eigenvalue weighted by Gasteiger charge is -2.18. The maximum Gasteiger partial charge on any atom is 0.335 e. The van der Waals surface area contributed by atoms with Crippen molar-refractivity contribution in [1.82, 2.24) is 0 Å². The lowest BCUT2D eigenvalue weighted by atomic mass is 10.0. The van der Waals surface area contributed by atoms with Crippen molar-refractivity contribution in [2.24, 2.45) is 0 Å². The summed E-state index contributed by atoms with van der Waals surface area (Å²) in [5, 5.41) is 9.39. The van der Waals surface area contributed by atoms with Crippen LogP contribution in [0, 0.1) is 0 Å². The van der Waals surface area contributed by atoms with E-state index in [0.29, 0.717) is 0 Å². The highest BCUT2D eigenvalue weighted by molar-refractivity contribution is 7.19. The van der Waals surface area contributed by atoms with Gasteiger partial charge in [-0.1, -0.05) is 18.2 Å². The summed E-state index contributed by atoms with van der Waals surface area (Å²) < 4.78 is 24.2. The van der Waals surface area contributed by atoms with E-state index in [1.807, 2.05) is 24.3 Å². The molecule has 2 aliphatic carbocycles. The minimum atomic E-state index is -0.935. The maximum atomic E-state index is 11.5. The zero-order chi connectivity index (χ0) is 29.1. The number of aromatic carboxylic acids is 1. The number of hydrogen-bond acceptors (Lipinski definition) is 6. The fourth-order valence-electron chi connectivity index (χ4n) is 5.96. The zero-order valence-corrected chi connectivity index (χ0v) is 24.9. The van der Waals surface area contributed by atoms with E-state index in [0.717, 1.165) is 80.7 Å². The van der Waals surface area contributed by atoms with Gasteiger partial charge >= 0.3 is 5.97 Å². The molecule has 6 nitrogen and oxygen atoms in total. The molecular formula is C35H36O6S. The smallest absolute Gasteiger partial charge is 0.335 e. The Kier molecular flexibility index (Phi) is 8.38. The molecule has 0 amide bonds. The summed E-state index contributed by atoms with van der Waals surface area (Å²) in [5.41, 5.74) is 4.35. The van der Waals surface area contributed by atoms with Crippen LogP contribution in [0.15, 0.2) is 66.7 Å². The van der Waals surface area contributed by atoms with Crippen LogP contribution in [-0.4, -0.2) is 37.5 Å². The van der Waals surface area contributed by atoms with E-state index in [9.17, 15) is 9.90 Å². The van der Waals surface area contributed by atoms with Crippen LogP contribution in [-0.2, 0) is 0 Å². The number of benzene rings is 3. The molecule has 7 heteroatoms. The molecular weight excluding hydrogens is 548 g/mol. The van der Waals surface area contributed by atoms with E-state index >= 15 is 0 Å². The molecule has 2 aliphatic rings. The monoisotopic (exact) mass is 584 g/mol. The zero-order valence-electron chi connectivity index (χ0n) is 24.1. The second kappa shape index (κ2) is 12.5. The molecule has 2 saturated carbocycles. The third-order valence-corrected chi connectivity index (χ3v) is 9.47. The van der Waals surface area contributed by atoms with Crippen LogP contribution in [0.4, 0.5) is 0 Å². The molecule has 0 aliphatic heterocycles. The van der Waals surface area contributed by atoms with Gasteiger partial charge in [0.2, 0.25) is 0 Å². The van der Waals surface area contributed by atoms with Gasteiger partial charge in [0.1, 0.15) is 0 Å². The van der Waals surface area contributed by atoms with Crippen molar-refractivity contribution < 1.29 is 28.8 Å². The summed E-state index contributed by atoms with van der Waals surface area (Å²) in [7, 11) is 3.35. The van der Waals surface area contributed by atoms with Gasteiger partial charge in [-0.15, -0.1) is 11.3 Å². The van der Waals surface area contributed by atoms with Gasteiger partial charge in [-0.2, -0.15) is 0 Å². The number of hydrogen-bond donors (Lipinski definition) is 1. The lowest BCUT2D eigenvalue weighted by molar-refractivity contribution is 0.0697. The van der Waals surface area contributed by atoms with E-state index < -0.39 is 5.97 Å².